The molecule has 17 unspecified atom stereocenters. The van der Waals surface area contributed by atoms with Gasteiger partial charge in [-0.05, 0) is 369 Å². The van der Waals surface area contributed by atoms with Crippen LogP contribution >= 0.6 is 0 Å². The van der Waals surface area contributed by atoms with Crippen LogP contribution in [0.4, 0.5) is 0 Å². The monoisotopic (exact) mass is 1840 g/mol. The second kappa shape index (κ2) is 35.4. The maximum Gasteiger partial charge on any atom is 0.544 e. The van der Waals surface area contributed by atoms with Crippen LogP contribution in [0.2, 0.25) is 19.6 Å². The number of allylic oxidation sites excluding steroid dienone is 10. The lowest BCUT2D eigenvalue weighted by Crippen LogP contribution is -2.61. The van der Waals surface area contributed by atoms with Crippen LogP contribution in [0.25, 0.3) is 29.1 Å². The lowest BCUT2D eigenvalue weighted by atomic mass is 9.42. The molecule has 0 spiro atoms. The molecule has 0 bridgehead atoms. The maximum atomic E-state index is 13.8. The van der Waals surface area contributed by atoms with Crippen LogP contribution in [0.5, 0.6) is 0 Å². The molecule has 724 valence electrons. The van der Waals surface area contributed by atoms with E-state index in [1.807, 2.05) is 0 Å². The largest absolute Gasteiger partial charge is 0.544 e. The first-order valence-corrected chi connectivity index (χ1v) is 56.0. The highest BCUT2D eigenvalue weighted by molar-refractivity contribution is 6.69. The quantitative estimate of drug-likeness (QED) is 0.0964. The number of rotatable bonds is 9. The van der Waals surface area contributed by atoms with Crippen molar-refractivity contribution < 1.29 is 52.9 Å². The Hall–Kier alpha value is -6.84. The SMILES string of the molecule is [C-]#[N+]C1([N+]#[C-])C[C@@]2(C)C(=CC[C@@H]3[C@@H]2CC[C@]2(C)C(=O)CC[C@@H]32)C(CC=C)(CC=C)C1=O.[C-]#[N+]C1=C2CCC3C4CCC(O)[C@]4(C)CCC3[C@]2(C)CCC1=O.[C-]#[N+]C1=C2CCC3C4CCC(OCOC)[C@]4(C)CCC3[C@]2(C)CCC1=O.[C-]#[N+]C1=C[C@]2(C)C3CC[C@@]4(C)C(CC[C@@H]4O)C3CCC2C(C)(C)C1=O.[C-]#[N+]C1=C[C@]2(C)C3CC[C@]4(C)C(O[Si](C)(C)C)CCC4C3CCC2C(C)(C)C1=O. The summed E-state index contributed by atoms with van der Waals surface area (Å²) in [6.07, 6.45) is 45.8. The molecule has 17 nitrogen and oxygen atoms in total. The maximum absolute atomic E-state index is 13.8. The Balaban J connectivity index is 0.000000122. The van der Waals surface area contributed by atoms with E-state index in [1.54, 1.807) is 19.3 Å². The summed E-state index contributed by atoms with van der Waals surface area (Å²) in [5.74, 6) is 9.80. The Morgan fingerprint density at radius 1 is 0.425 bits per heavy atom. The molecule has 0 heterocycles. The van der Waals surface area contributed by atoms with E-state index >= 15 is 0 Å². The van der Waals surface area contributed by atoms with Crippen molar-refractivity contribution in [2.24, 2.45) is 171 Å². The van der Waals surface area contributed by atoms with E-state index in [1.165, 1.54) is 68.9 Å². The van der Waals surface area contributed by atoms with E-state index in [4.69, 9.17) is 53.3 Å². The lowest BCUT2D eigenvalue weighted by Gasteiger charge is -2.62. The van der Waals surface area contributed by atoms with Gasteiger partial charge >= 0.3 is 11.4 Å². The van der Waals surface area contributed by atoms with Crippen molar-refractivity contribution in [3.05, 3.63) is 152 Å². The number of hydrogen-bond acceptors (Lipinski definition) is 11. The number of nitrogens with zero attached hydrogens (tertiary/aromatic N) is 6. The predicted molar refractivity (Wildman–Crippen MR) is 525 cm³/mol. The number of hydrogen-bond donors (Lipinski definition) is 2. The van der Waals surface area contributed by atoms with Crippen molar-refractivity contribution in [1.82, 2.24) is 0 Å². The smallest absolute Gasteiger partial charge is 0.414 e. The van der Waals surface area contributed by atoms with E-state index < -0.39 is 35.6 Å². The molecule has 0 aromatic heterocycles. The van der Waals surface area contributed by atoms with Gasteiger partial charge in [0, 0.05) is 48.0 Å². The number of aliphatic hydroxyl groups is 2. The zero-order valence-corrected chi connectivity index (χ0v) is 85.8. The van der Waals surface area contributed by atoms with Gasteiger partial charge in [0.05, 0.1) is 56.1 Å². The van der Waals surface area contributed by atoms with Gasteiger partial charge in [0.2, 0.25) is 22.8 Å². The summed E-state index contributed by atoms with van der Waals surface area (Å²) in [5.41, 5.74) is 1.83. The lowest BCUT2D eigenvalue weighted by molar-refractivity contribution is -0.144. The number of fused-ring (bicyclic) bond motifs is 25. The third-order valence-corrected chi connectivity index (χ3v) is 45.5. The topological polar surface area (TPSA) is 197 Å². The van der Waals surface area contributed by atoms with Crippen molar-refractivity contribution in [3.63, 3.8) is 0 Å². The summed E-state index contributed by atoms with van der Waals surface area (Å²) >= 11 is 0. The van der Waals surface area contributed by atoms with Crippen LogP contribution in [-0.2, 0) is 42.7 Å². The molecule has 20 aliphatic carbocycles. The van der Waals surface area contributed by atoms with Gasteiger partial charge in [-0.15, -0.1) is 13.2 Å². The molecule has 0 amide bonds. The van der Waals surface area contributed by atoms with Gasteiger partial charge in [-0.1, -0.05) is 144 Å². The van der Waals surface area contributed by atoms with E-state index in [2.05, 4.69) is 177 Å². The Labute approximate surface area is 805 Å². The first-order valence-electron chi connectivity index (χ1n) is 52.6. The van der Waals surface area contributed by atoms with E-state index in [0.717, 1.165) is 146 Å². The fourth-order valence-electron chi connectivity index (χ4n) is 38.0. The Kier molecular flexibility index (Phi) is 26.5. The first kappa shape index (κ1) is 100. The van der Waals surface area contributed by atoms with Crippen molar-refractivity contribution in [2.75, 3.05) is 13.9 Å². The fraction of sp³-hybridized carbons (Fsp3) is 0.776. The summed E-state index contributed by atoms with van der Waals surface area (Å²) in [7, 11) is 0.142. The number of aliphatic hydroxyl groups excluding tert-OH is 2. The minimum absolute atomic E-state index is 0.0285. The highest BCUT2D eigenvalue weighted by Gasteiger charge is 2.76. The molecule has 134 heavy (non-hydrogen) atoms. The summed E-state index contributed by atoms with van der Waals surface area (Å²) in [6, 6.07) is 0. The van der Waals surface area contributed by atoms with Crippen molar-refractivity contribution in [1.29, 1.82) is 0 Å². The number of carbonyl (C=O) groups excluding carboxylic acids is 6. The second-order valence-corrected chi connectivity index (χ2v) is 56.0. The molecule has 20 aliphatic rings. The Morgan fingerprint density at radius 3 is 1.26 bits per heavy atom. The highest BCUT2D eigenvalue weighted by Crippen LogP contribution is 2.75. The average Bonchev–Trinajstić information content (AvgIpc) is 1.09. The summed E-state index contributed by atoms with van der Waals surface area (Å²) in [6.45, 7) is 92.6. The molecule has 0 aromatic rings. The number of ether oxygens (including phenoxy) is 2. The zero-order valence-electron chi connectivity index (χ0n) is 84.8. The highest BCUT2D eigenvalue weighted by atomic mass is 28.4. The van der Waals surface area contributed by atoms with Gasteiger partial charge in [-0.2, -0.15) is 0 Å². The van der Waals surface area contributed by atoms with E-state index in [9.17, 15) is 39.0 Å². The molecule has 0 radical (unpaired) electrons. The van der Waals surface area contributed by atoms with Crippen LogP contribution in [0.15, 0.2) is 83.0 Å². The minimum Gasteiger partial charge on any atom is -0.414 e. The molecule has 18 heteroatoms. The van der Waals surface area contributed by atoms with Crippen molar-refractivity contribution in [3.8, 4) is 0 Å². The molecule has 20 rings (SSSR count). The molecular formula is C116H160N6O11Si. The predicted octanol–water partition coefficient (Wildman–Crippen LogP) is 26.0. The molecule has 15 fully saturated rings. The Morgan fingerprint density at radius 2 is 0.828 bits per heavy atom. The van der Waals surface area contributed by atoms with Crippen LogP contribution in [0, 0.1) is 210 Å². The first-order chi connectivity index (χ1) is 63.1. The van der Waals surface area contributed by atoms with Gasteiger partial charge < -0.3 is 43.3 Å². The van der Waals surface area contributed by atoms with Gasteiger partial charge in [-0.25, -0.2) is 42.2 Å². The average molecular weight is 1840 g/mol. The van der Waals surface area contributed by atoms with Gasteiger partial charge in [-0.3, -0.25) is 9.59 Å². The minimum atomic E-state index is -1.69. The molecule has 0 saturated heterocycles. The Bertz CT molecular complexity index is 5200. The second-order valence-electron chi connectivity index (χ2n) is 51.5. The van der Waals surface area contributed by atoms with Gasteiger partial charge in [0.25, 0.3) is 0 Å². The fourth-order valence-corrected chi connectivity index (χ4v) is 39.2. The van der Waals surface area contributed by atoms with Crippen LogP contribution < -0.4 is 0 Å². The molecule has 0 aliphatic heterocycles. The van der Waals surface area contributed by atoms with Gasteiger partial charge in [0.15, 0.2) is 31.5 Å². The van der Waals surface area contributed by atoms with Gasteiger partial charge in [0.1, 0.15) is 19.0 Å². The van der Waals surface area contributed by atoms with Crippen LogP contribution in [-0.4, -0.2) is 97.2 Å². The van der Waals surface area contributed by atoms with Crippen molar-refractivity contribution >= 4 is 43.0 Å². The summed E-state index contributed by atoms with van der Waals surface area (Å²) in [4.78, 5) is 98.7. The number of ketones is 6. The summed E-state index contributed by atoms with van der Waals surface area (Å²) in [5, 5.41) is 21.1. The molecular weight excluding hydrogens is 1680 g/mol. The standard InChI is InChI=1S/C27H32N2O2.C25H39NO2Si.C22H31NO3.C22H31NO2.C20H27NO2/c1-7-14-26(15-8-2)21-11-9-18-19-10-12-22(30)24(19,3)16-13-20(18)25(21,4)17-27(28-5,29-6)23(26)31;1-23(2)20-11-9-16-17-10-12-21(28-29(6,7)8)24(17,3)14-13-18(16)25(20,4)15-19(26-5)22(23)27;1-21-12-10-18(24)20(23-3)17(21)6-5-14-15-7-8-19(26-13-25-4)22(15,2)11-9-16(14)21;1-20(2)17-8-6-13-14-7-9-18(24)21(14,3)11-10-15(13)22(17,4)12-16(23-5)19(20)25;1-19-11-9-16(22)18(21-3)15(19)5-4-12-13-6-7-17(23)20(13,2)10-8-14(12)19/h7-8,11,18-20H,1-2,9-10,12-17H2,3-4H3;15-18,20-21H,9-14H2,1-4,6-8H3;14-16,19H,5-13H2,1-2,4H3;12-15,17-18,24H,6-11H2,1-4H3;12-14,17,23H,4-11H2,1-2H3/t18-,19-,20-,24-,25+;16?,17?,18?,20?,21?,24-,25+;14?,15?,16?,19?,21-,22+;13?,14?,15?,17?,18-,21-,22+;12?,13?,14?,17?,19-,20+/m00000/s1. The van der Waals surface area contributed by atoms with Crippen molar-refractivity contribution in [2.45, 2.75) is 378 Å². The third kappa shape index (κ3) is 15.0. The molecule has 2 N–H and O–H groups in total. The normalized spacial score (nSPS) is 45.9. The van der Waals surface area contributed by atoms with E-state index in [-0.39, 0.29) is 96.8 Å². The van der Waals surface area contributed by atoms with Crippen LogP contribution in [0.3, 0.4) is 0 Å². The molecule has 15 saturated carbocycles. The zero-order chi connectivity index (χ0) is 97.2. The van der Waals surface area contributed by atoms with Crippen LogP contribution in [0.1, 0.15) is 328 Å². The number of methoxy groups -OCH3 is 1. The number of Topliss-reactive ketones (excluding diaryl/α,β-unsaturated/α-hetero) is 6. The number of carbonyl (C=O) groups is 6. The summed E-state index contributed by atoms with van der Waals surface area (Å²) < 4.78 is 17.9. The third-order valence-electron chi connectivity index (χ3n) is 44.5. The molecule has 0 aromatic carbocycles. The van der Waals surface area contributed by atoms with E-state index in [0.29, 0.717) is 174 Å². The molecule has 31 atom stereocenters.